The van der Waals surface area contributed by atoms with Crippen molar-refractivity contribution in [2.45, 2.75) is 26.1 Å². The standard InChI is InChI=1S/C16H25N3O2/c1-13-9-17-6-7-19(13)11-16(20)18-10-14-4-3-5-15(8-14)12-21-2/h3-5,8,13,17H,6-7,9-12H2,1-2H3,(H,18,20)/t13-/m1/s1. The lowest BCUT2D eigenvalue weighted by Gasteiger charge is -2.33. The van der Waals surface area contributed by atoms with Crippen molar-refractivity contribution in [2.24, 2.45) is 0 Å². The predicted molar refractivity (Wildman–Crippen MR) is 82.9 cm³/mol. The molecule has 0 aromatic heterocycles. The summed E-state index contributed by atoms with van der Waals surface area (Å²) in [6.07, 6.45) is 0. The average molecular weight is 291 g/mol. The van der Waals surface area contributed by atoms with Gasteiger partial charge in [0.15, 0.2) is 0 Å². The quantitative estimate of drug-likeness (QED) is 0.812. The molecule has 1 aromatic rings. The van der Waals surface area contributed by atoms with Crippen LogP contribution in [0.4, 0.5) is 0 Å². The van der Waals surface area contributed by atoms with E-state index in [0.29, 0.717) is 25.7 Å². The Labute approximate surface area is 126 Å². The van der Waals surface area contributed by atoms with E-state index >= 15 is 0 Å². The van der Waals surface area contributed by atoms with Crippen LogP contribution in [-0.2, 0) is 22.7 Å². The molecule has 0 saturated carbocycles. The Morgan fingerprint density at radius 3 is 3.05 bits per heavy atom. The van der Waals surface area contributed by atoms with Crippen LogP contribution in [0.2, 0.25) is 0 Å². The molecule has 1 saturated heterocycles. The van der Waals surface area contributed by atoms with Gasteiger partial charge in [-0.3, -0.25) is 9.69 Å². The minimum atomic E-state index is 0.0842. The van der Waals surface area contributed by atoms with E-state index in [4.69, 9.17) is 4.74 Å². The molecule has 2 rings (SSSR count). The fourth-order valence-corrected chi connectivity index (χ4v) is 2.56. The second-order valence-electron chi connectivity index (χ2n) is 5.55. The number of carbonyl (C=O) groups is 1. The van der Waals surface area contributed by atoms with E-state index in [2.05, 4.69) is 28.5 Å². The van der Waals surface area contributed by atoms with Gasteiger partial charge < -0.3 is 15.4 Å². The van der Waals surface area contributed by atoms with Gasteiger partial charge in [-0.05, 0) is 18.1 Å². The van der Waals surface area contributed by atoms with Gasteiger partial charge in [0.1, 0.15) is 0 Å². The van der Waals surface area contributed by atoms with Crippen LogP contribution >= 0.6 is 0 Å². The number of hydrogen-bond acceptors (Lipinski definition) is 4. The van der Waals surface area contributed by atoms with Gasteiger partial charge in [0.05, 0.1) is 13.2 Å². The molecule has 1 atom stereocenters. The van der Waals surface area contributed by atoms with Crippen molar-refractivity contribution in [1.82, 2.24) is 15.5 Å². The van der Waals surface area contributed by atoms with Crippen molar-refractivity contribution >= 4 is 5.91 Å². The molecule has 1 amide bonds. The number of ether oxygens (including phenoxy) is 1. The highest BCUT2D eigenvalue weighted by atomic mass is 16.5. The molecule has 1 aliphatic rings. The third-order valence-corrected chi connectivity index (χ3v) is 3.78. The lowest BCUT2D eigenvalue weighted by molar-refractivity contribution is -0.123. The highest BCUT2D eigenvalue weighted by molar-refractivity contribution is 5.78. The van der Waals surface area contributed by atoms with E-state index in [1.165, 1.54) is 0 Å². The Bertz CT molecular complexity index is 465. The average Bonchev–Trinajstić information content (AvgIpc) is 2.48. The van der Waals surface area contributed by atoms with Gasteiger partial charge in [-0.2, -0.15) is 0 Å². The van der Waals surface area contributed by atoms with E-state index in [-0.39, 0.29) is 5.91 Å². The van der Waals surface area contributed by atoms with Gasteiger partial charge in [-0.15, -0.1) is 0 Å². The number of hydrogen-bond donors (Lipinski definition) is 2. The molecular weight excluding hydrogens is 266 g/mol. The van der Waals surface area contributed by atoms with Crippen LogP contribution in [0.15, 0.2) is 24.3 Å². The molecule has 1 heterocycles. The van der Waals surface area contributed by atoms with Crippen LogP contribution < -0.4 is 10.6 Å². The zero-order valence-corrected chi connectivity index (χ0v) is 12.9. The molecule has 1 aromatic carbocycles. The first-order chi connectivity index (χ1) is 10.2. The Balaban J connectivity index is 1.79. The predicted octanol–water partition coefficient (Wildman–Crippen LogP) is 0.743. The number of piperazine rings is 1. The molecule has 21 heavy (non-hydrogen) atoms. The number of carbonyl (C=O) groups excluding carboxylic acids is 1. The number of benzene rings is 1. The monoisotopic (exact) mass is 291 g/mol. The van der Waals surface area contributed by atoms with E-state index in [9.17, 15) is 4.79 Å². The van der Waals surface area contributed by atoms with Crippen LogP contribution in [0, 0.1) is 0 Å². The maximum Gasteiger partial charge on any atom is 0.234 e. The first-order valence-corrected chi connectivity index (χ1v) is 7.47. The van der Waals surface area contributed by atoms with Crippen molar-refractivity contribution in [3.63, 3.8) is 0 Å². The maximum absolute atomic E-state index is 12.0. The minimum Gasteiger partial charge on any atom is -0.380 e. The van der Waals surface area contributed by atoms with Crippen LogP contribution in [0.3, 0.4) is 0 Å². The van der Waals surface area contributed by atoms with Crippen LogP contribution in [0.25, 0.3) is 0 Å². The summed E-state index contributed by atoms with van der Waals surface area (Å²) in [4.78, 5) is 14.3. The Hall–Kier alpha value is -1.43. The molecule has 0 unspecified atom stereocenters. The normalized spacial score (nSPS) is 19.4. The van der Waals surface area contributed by atoms with Gasteiger partial charge in [0.2, 0.25) is 5.91 Å². The van der Waals surface area contributed by atoms with Crippen molar-refractivity contribution in [3.8, 4) is 0 Å². The molecule has 2 N–H and O–H groups in total. The lowest BCUT2D eigenvalue weighted by atomic mass is 10.1. The van der Waals surface area contributed by atoms with Crippen LogP contribution in [0.5, 0.6) is 0 Å². The van der Waals surface area contributed by atoms with Crippen molar-refractivity contribution in [2.75, 3.05) is 33.3 Å². The van der Waals surface area contributed by atoms with Gasteiger partial charge >= 0.3 is 0 Å². The summed E-state index contributed by atoms with van der Waals surface area (Å²) >= 11 is 0. The van der Waals surface area contributed by atoms with E-state index < -0.39 is 0 Å². The Morgan fingerprint density at radius 2 is 2.29 bits per heavy atom. The fourth-order valence-electron chi connectivity index (χ4n) is 2.56. The van der Waals surface area contributed by atoms with E-state index in [1.807, 2.05) is 18.2 Å². The number of nitrogens with zero attached hydrogens (tertiary/aromatic N) is 1. The van der Waals surface area contributed by atoms with Gasteiger partial charge in [0.25, 0.3) is 0 Å². The zero-order valence-electron chi connectivity index (χ0n) is 12.9. The number of nitrogens with one attached hydrogen (secondary N) is 2. The molecule has 5 heteroatoms. The fraction of sp³-hybridized carbons (Fsp3) is 0.562. The van der Waals surface area contributed by atoms with Crippen molar-refractivity contribution < 1.29 is 9.53 Å². The van der Waals surface area contributed by atoms with E-state index in [0.717, 1.165) is 30.8 Å². The van der Waals surface area contributed by atoms with Crippen molar-refractivity contribution in [1.29, 1.82) is 0 Å². The molecular formula is C16H25N3O2. The number of rotatable bonds is 6. The Kier molecular flexibility index (Phi) is 6.17. The highest BCUT2D eigenvalue weighted by Crippen LogP contribution is 2.06. The molecule has 5 nitrogen and oxygen atoms in total. The zero-order chi connectivity index (χ0) is 15.1. The molecule has 1 fully saturated rings. The smallest absolute Gasteiger partial charge is 0.234 e. The lowest BCUT2D eigenvalue weighted by Crippen LogP contribution is -2.52. The SMILES string of the molecule is COCc1cccc(CNC(=O)CN2CCNC[C@H]2C)c1. The Morgan fingerprint density at radius 1 is 1.48 bits per heavy atom. The molecule has 0 radical (unpaired) electrons. The summed E-state index contributed by atoms with van der Waals surface area (Å²) in [5.41, 5.74) is 2.23. The molecule has 1 aliphatic heterocycles. The van der Waals surface area contributed by atoms with E-state index in [1.54, 1.807) is 7.11 Å². The first-order valence-electron chi connectivity index (χ1n) is 7.47. The van der Waals surface area contributed by atoms with Gasteiger partial charge in [-0.25, -0.2) is 0 Å². The largest absolute Gasteiger partial charge is 0.380 e. The number of amides is 1. The highest BCUT2D eigenvalue weighted by Gasteiger charge is 2.19. The van der Waals surface area contributed by atoms with Gasteiger partial charge in [0, 0.05) is 39.3 Å². The summed E-state index contributed by atoms with van der Waals surface area (Å²) < 4.78 is 5.12. The second-order valence-corrected chi connectivity index (χ2v) is 5.55. The summed E-state index contributed by atoms with van der Waals surface area (Å²) in [7, 11) is 1.68. The number of methoxy groups -OCH3 is 1. The molecule has 116 valence electrons. The van der Waals surface area contributed by atoms with Gasteiger partial charge in [-0.1, -0.05) is 24.3 Å². The minimum absolute atomic E-state index is 0.0842. The summed E-state index contributed by atoms with van der Waals surface area (Å²) in [6.45, 7) is 6.62. The summed E-state index contributed by atoms with van der Waals surface area (Å²) in [6, 6.07) is 8.52. The second kappa shape index (κ2) is 8.12. The third kappa shape index (κ3) is 5.12. The topological polar surface area (TPSA) is 53.6 Å². The molecule has 0 bridgehead atoms. The van der Waals surface area contributed by atoms with Crippen LogP contribution in [-0.4, -0.2) is 50.1 Å². The van der Waals surface area contributed by atoms with Crippen molar-refractivity contribution in [3.05, 3.63) is 35.4 Å². The first kappa shape index (κ1) is 15.9. The molecule has 0 aliphatic carbocycles. The summed E-state index contributed by atoms with van der Waals surface area (Å²) in [5.74, 6) is 0.0842. The van der Waals surface area contributed by atoms with Crippen LogP contribution in [0.1, 0.15) is 18.1 Å². The summed E-state index contributed by atoms with van der Waals surface area (Å²) in [5, 5.41) is 6.32. The molecule has 0 spiro atoms. The maximum atomic E-state index is 12.0. The third-order valence-electron chi connectivity index (χ3n) is 3.78.